The Labute approximate surface area is 154 Å². The van der Waals surface area contributed by atoms with Crippen molar-refractivity contribution in [3.8, 4) is 0 Å². The Bertz CT molecular complexity index is 770. The van der Waals surface area contributed by atoms with E-state index in [9.17, 15) is 4.79 Å². The SMILES string of the molecule is C=CCn1c(SCC(=O)Nc2ccc(C)c(Br)c2)nnc1C1CC1. The highest BCUT2D eigenvalue weighted by Crippen LogP contribution is 2.40. The Morgan fingerprint density at radius 1 is 1.50 bits per heavy atom. The molecule has 0 bridgehead atoms. The van der Waals surface area contributed by atoms with Crippen molar-refractivity contribution < 1.29 is 4.79 Å². The van der Waals surface area contributed by atoms with Crippen molar-refractivity contribution in [3.63, 3.8) is 0 Å². The fraction of sp³-hybridized carbons (Fsp3) is 0.353. The first-order chi connectivity index (χ1) is 11.6. The van der Waals surface area contributed by atoms with Gasteiger partial charge in [-0.1, -0.05) is 39.8 Å². The quantitative estimate of drug-likeness (QED) is 0.554. The third-order valence-electron chi connectivity index (χ3n) is 3.79. The van der Waals surface area contributed by atoms with Gasteiger partial charge in [0.15, 0.2) is 5.16 Å². The molecular formula is C17H19BrN4OS. The molecule has 126 valence electrons. The van der Waals surface area contributed by atoms with Crippen LogP contribution in [0, 0.1) is 6.92 Å². The Hall–Kier alpha value is -1.60. The van der Waals surface area contributed by atoms with E-state index in [-0.39, 0.29) is 5.91 Å². The van der Waals surface area contributed by atoms with Gasteiger partial charge in [0.05, 0.1) is 5.75 Å². The molecule has 3 rings (SSSR count). The second kappa shape index (κ2) is 7.53. The molecule has 0 spiro atoms. The number of amides is 1. The highest BCUT2D eigenvalue weighted by Gasteiger charge is 2.30. The summed E-state index contributed by atoms with van der Waals surface area (Å²) in [6.45, 7) is 6.48. The van der Waals surface area contributed by atoms with Crippen molar-refractivity contribution in [2.75, 3.05) is 11.1 Å². The zero-order valence-electron chi connectivity index (χ0n) is 13.5. The second-order valence-corrected chi connectivity index (χ2v) is 7.61. The van der Waals surface area contributed by atoms with Gasteiger partial charge in [-0.3, -0.25) is 4.79 Å². The summed E-state index contributed by atoms with van der Waals surface area (Å²) in [4.78, 5) is 12.2. The standard InChI is InChI=1S/C17H19BrN4OS/c1-3-8-22-16(12-5-6-12)20-21-17(22)24-10-15(23)19-13-7-4-11(2)14(18)9-13/h3-4,7,9,12H,1,5-6,8,10H2,2H3,(H,19,23). The number of carbonyl (C=O) groups is 1. The molecule has 0 aliphatic heterocycles. The van der Waals surface area contributed by atoms with Crippen molar-refractivity contribution in [2.24, 2.45) is 0 Å². The largest absolute Gasteiger partial charge is 0.325 e. The summed E-state index contributed by atoms with van der Waals surface area (Å²) in [7, 11) is 0. The van der Waals surface area contributed by atoms with Gasteiger partial charge in [-0.25, -0.2) is 0 Å². The maximum atomic E-state index is 12.2. The minimum Gasteiger partial charge on any atom is -0.325 e. The first-order valence-corrected chi connectivity index (χ1v) is 9.59. The molecule has 5 nitrogen and oxygen atoms in total. The molecular weight excluding hydrogens is 388 g/mol. The topological polar surface area (TPSA) is 59.8 Å². The highest BCUT2D eigenvalue weighted by atomic mass is 79.9. The first-order valence-electron chi connectivity index (χ1n) is 7.81. The van der Waals surface area contributed by atoms with Crippen molar-refractivity contribution >= 4 is 39.3 Å². The lowest BCUT2D eigenvalue weighted by atomic mass is 10.2. The van der Waals surface area contributed by atoms with E-state index in [1.807, 2.05) is 31.2 Å². The van der Waals surface area contributed by atoms with Gasteiger partial charge >= 0.3 is 0 Å². The number of hydrogen-bond donors (Lipinski definition) is 1. The molecule has 24 heavy (non-hydrogen) atoms. The minimum absolute atomic E-state index is 0.0584. The molecule has 0 unspecified atom stereocenters. The molecule has 2 aromatic rings. The third-order valence-corrected chi connectivity index (χ3v) is 5.61. The van der Waals surface area contributed by atoms with Gasteiger partial charge in [-0.15, -0.1) is 16.8 Å². The van der Waals surface area contributed by atoms with E-state index in [2.05, 4.69) is 42.6 Å². The monoisotopic (exact) mass is 406 g/mol. The van der Waals surface area contributed by atoms with Gasteiger partial charge in [0, 0.05) is 22.6 Å². The number of hydrogen-bond acceptors (Lipinski definition) is 4. The summed E-state index contributed by atoms with van der Waals surface area (Å²) in [6.07, 6.45) is 4.18. The van der Waals surface area contributed by atoms with Gasteiger partial charge in [-0.05, 0) is 37.5 Å². The number of nitrogens with zero attached hydrogens (tertiary/aromatic N) is 3. The molecule has 0 atom stereocenters. The second-order valence-electron chi connectivity index (χ2n) is 5.82. The zero-order chi connectivity index (χ0) is 17.1. The summed E-state index contributed by atoms with van der Waals surface area (Å²) < 4.78 is 3.04. The maximum Gasteiger partial charge on any atom is 0.234 e. The van der Waals surface area contributed by atoms with Crippen LogP contribution in [0.3, 0.4) is 0 Å². The number of nitrogens with one attached hydrogen (secondary N) is 1. The molecule has 7 heteroatoms. The van der Waals surface area contributed by atoms with Gasteiger partial charge < -0.3 is 9.88 Å². The number of aryl methyl sites for hydroxylation is 1. The zero-order valence-corrected chi connectivity index (χ0v) is 15.9. The van der Waals surface area contributed by atoms with Crippen LogP contribution in [0.25, 0.3) is 0 Å². The number of allylic oxidation sites excluding steroid dienone is 1. The number of rotatable bonds is 7. The molecule has 1 aromatic heterocycles. The number of halogens is 1. The maximum absolute atomic E-state index is 12.2. The van der Waals surface area contributed by atoms with Crippen LogP contribution in [-0.2, 0) is 11.3 Å². The molecule has 1 aromatic carbocycles. The Balaban J connectivity index is 1.61. The molecule has 1 aliphatic carbocycles. The number of thioether (sulfide) groups is 1. The van der Waals surface area contributed by atoms with Crippen molar-refractivity contribution in [3.05, 3.63) is 46.7 Å². The van der Waals surface area contributed by atoms with E-state index in [0.717, 1.165) is 26.7 Å². The van der Waals surface area contributed by atoms with Crippen LogP contribution < -0.4 is 5.32 Å². The van der Waals surface area contributed by atoms with Crippen LogP contribution in [-0.4, -0.2) is 26.4 Å². The summed E-state index contributed by atoms with van der Waals surface area (Å²) in [6, 6.07) is 5.77. The van der Waals surface area contributed by atoms with Crippen LogP contribution in [0.4, 0.5) is 5.69 Å². The average Bonchev–Trinajstić information content (AvgIpc) is 3.32. The van der Waals surface area contributed by atoms with Crippen molar-refractivity contribution in [1.82, 2.24) is 14.8 Å². The van der Waals surface area contributed by atoms with Gasteiger partial charge in [0.25, 0.3) is 0 Å². The summed E-state index contributed by atoms with van der Waals surface area (Å²) in [5, 5.41) is 12.2. The van der Waals surface area contributed by atoms with Crippen LogP contribution in [0.2, 0.25) is 0 Å². The molecule has 1 aliphatic rings. The minimum atomic E-state index is -0.0584. The van der Waals surface area contributed by atoms with Crippen LogP contribution >= 0.6 is 27.7 Å². The summed E-state index contributed by atoms with van der Waals surface area (Å²) in [5.74, 6) is 1.77. The lowest BCUT2D eigenvalue weighted by molar-refractivity contribution is -0.113. The smallest absolute Gasteiger partial charge is 0.234 e. The molecule has 1 saturated carbocycles. The van der Waals surface area contributed by atoms with E-state index >= 15 is 0 Å². The van der Waals surface area contributed by atoms with E-state index in [4.69, 9.17) is 0 Å². The molecule has 0 saturated heterocycles. The van der Waals surface area contributed by atoms with Gasteiger partial charge in [-0.2, -0.15) is 0 Å². The van der Waals surface area contributed by atoms with Crippen LogP contribution in [0.5, 0.6) is 0 Å². The fourth-order valence-electron chi connectivity index (χ4n) is 2.35. The number of aromatic nitrogens is 3. The first kappa shape index (κ1) is 17.2. The fourth-order valence-corrected chi connectivity index (χ4v) is 3.48. The van der Waals surface area contributed by atoms with Gasteiger partial charge in [0.1, 0.15) is 5.82 Å². The molecule has 1 N–H and O–H groups in total. The number of benzene rings is 1. The number of carbonyl (C=O) groups excluding carboxylic acids is 1. The Morgan fingerprint density at radius 2 is 2.29 bits per heavy atom. The predicted octanol–water partition coefficient (Wildman–Crippen LogP) is 4.14. The molecule has 1 amide bonds. The highest BCUT2D eigenvalue weighted by molar-refractivity contribution is 9.10. The van der Waals surface area contributed by atoms with E-state index < -0.39 is 0 Å². The molecule has 1 fully saturated rings. The van der Waals surface area contributed by atoms with E-state index in [1.165, 1.54) is 24.6 Å². The Kier molecular flexibility index (Phi) is 5.40. The molecule has 0 radical (unpaired) electrons. The summed E-state index contributed by atoms with van der Waals surface area (Å²) >= 11 is 4.88. The predicted molar refractivity (Wildman–Crippen MR) is 100 cm³/mol. The Morgan fingerprint density at radius 3 is 2.96 bits per heavy atom. The van der Waals surface area contributed by atoms with Crippen LogP contribution in [0.1, 0.15) is 30.1 Å². The third kappa shape index (κ3) is 4.08. The lowest BCUT2D eigenvalue weighted by Gasteiger charge is -2.08. The summed E-state index contributed by atoms with van der Waals surface area (Å²) in [5.41, 5.74) is 1.91. The van der Waals surface area contributed by atoms with E-state index in [1.54, 1.807) is 0 Å². The van der Waals surface area contributed by atoms with Gasteiger partial charge in [0.2, 0.25) is 5.91 Å². The average molecular weight is 407 g/mol. The van der Waals surface area contributed by atoms with Crippen LogP contribution in [0.15, 0.2) is 40.5 Å². The number of anilines is 1. The molecule has 1 heterocycles. The van der Waals surface area contributed by atoms with E-state index in [0.29, 0.717) is 18.2 Å². The lowest BCUT2D eigenvalue weighted by Crippen LogP contribution is -2.14. The van der Waals surface area contributed by atoms with Crippen molar-refractivity contribution in [2.45, 2.75) is 37.4 Å². The normalized spacial score (nSPS) is 13.8. The van der Waals surface area contributed by atoms with Crippen molar-refractivity contribution in [1.29, 1.82) is 0 Å².